The largest absolute Gasteiger partial charge is 0.508 e. The van der Waals surface area contributed by atoms with Gasteiger partial charge in [-0.15, -0.1) is 11.3 Å². The van der Waals surface area contributed by atoms with Gasteiger partial charge in [0.1, 0.15) is 5.75 Å². The molecule has 0 amide bonds. The minimum absolute atomic E-state index is 0.0156. The van der Waals surface area contributed by atoms with Gasteiger partial charge in [0, 0.05) is 6.07 Å². The number of fused-ring (bicyclic) bond motifs is 1. The van der Waals surface area contributed by atoms with Gasteiger partial charge in [-0.25, -0.2) is 13.4 Å². The Morgan fingerprint density at radius 1 is 1.15 bits per heavy atom. The molecule has 0 spiro atoms. The van der Waals surface area contributed by atoms with Crippen LogP contribution in [-0.4, -0.2) is 18.5 Å². The number of phenolic OH excluding ortho intramolecular Hbond substituents is 1. The quantitative estimate of drug-likeness (QED) is 0.780. The Hall–Kier alpha value is -2.12. The van der Waals surface area contributed by atoms with Gasteiger partial charge in [0.2, 0.25) is 0 Å². The number of aromatic nitrogens is 1. The van der Waals surface area contributed by atoms with Crippen molar-refractivity contribution in [2.45, 2.75) is 4.90 Å². The van der Waals surface area contributed by atoms with E-state index in [0.29, 0.717) is 5.69 Å². The van der Waals surface area contributed by atoms with Crippen LogP contribution in [0.4, 0.5) is 5.69 Å². The van der Waals surface area contributed by atoms with Crippen molar-refractivity contribution in [1.29, 1.82) is 0 Å². The molecule has 0 bridgehead atoms. The highest BCUT2D eigenvalue weighted by Gasteiger charge is 2.15. The lowest BCUT2D eigenvalue weighted by Crippen LogP contribution is -2.12. The number of hydrogen-bond donors (Lipinski definition) is 2. The summed E-state index contributed by atoms with van der Waals surface area (Å²) in [5, 5.41) is 9.36. The van der Waals surface area contributed by atoms with E-state index in [1.54, 1.807) is 23.7 Å². The fourth-order valence-corrected chi connectivity index (χ4v) is 3.59. The Labute approximate surface area is 119 Å². The summed E-state index contributed by atoms with van der Waals surface area (Å²) in [6, 6.07) is 10.7. The smallest absolute Gasteiger partial charge is 0.262 e. The molecule has 3 aromatic rings. The van der Waals surface area contributed by atoms with E-state index < -0.39 is 10.0 Å². The molecule has 0 saturated heterocycles. The normalized spacial score (nSPS) is 11.6. The van der Waals surface area contributed by atoms with Gasteiger partial charge < -0.3 is 5.11 Å². The molecule has 0 radical (unpaired) electrons. The van der Waals surface area contributed by atoms with Crippen molar-refractivity contribution in [3.63, 3.8) is 0 Å². The molecule has 0 unspecified atom stereocenters. The predicted molar refractivity (Wildman–Crippen MR) is 78.5 cm³/mol. The van der Waals surface area contributed by atoms with Gasteiger partial charge in [0.05, 0.1) is 26.3 Å². The van der Waals surface area contributed by atoms with E-state index in [9.17, 15) is 13.5 Å². The maximum absolute atomic E-state index is 12.2. The molecule has 2 aromatic carbocycles. The standard InChI is InChI=1S/C13H10N2O3S2/c16-10-2-1-3-11(7-10)20(17,18)15-9-4-5-12-13(6-9)19-8-14-12/h1-8,15-16H. The summed E-state index contributed by atoms with van der Waals surface area (Å²) in [6.07, 6.45) is 0. The zero-order chi connectivity index (χ0) is 14.2. The molecule has 0 aliphatic rings. The molecule has 3 rings (SSSR count). The Morgan fingerprint density at radius 3 is 2.80 bits per heavy atom. The van der Waals surface area contributed by atoms with Crippen molar-refractivity contribution in [2.75, 3.05) is 4.72 Å². The third kappa shape index (κ3) is 2.45. The average molecular weight is 306 g/mol. The van der Waals surface area contributed by atoms with E-state index in [1.807, 2.05) is 0 Å². The number of nitrogens with zero attached hydrogens (tertiary/aromatic N) is 1. The Bertz CT molecular complexity index is 872. The van der Waals surface area contributed by atoms with E-state index in [-0.39, 0.29) is 10.6 Å². The fourth-order valence-electron chi connectivity index (χ4n) is 1.78. The summed E-state index contributed by atoms with van der Waals surface area (Å²) in [6.45, 7) is 0. The number of nitrogens with one attached hydrogen (secondary N) is 1. The maximum atomic E-state index is 12.2. The van der Waals surface area contributed by atoms with E-state index in [0.717, 1.165) is 10.2 Å². The van der Waals surface area contributed by atoms with Crippen LogP contribution in [0.15, 0.2) is 52.9 Å². The third-order valence-electron chi connectivity index (χ3n) is 2.71. The fraction of sp³-hybridized carbons (Fsp3) is 0. The molecule has 5 nitrogen and oxygen atoms in total. The molecule has 0 aliphatic heterocycles. The molecule has 0 saturated carbocycles. The first-order chi connectivity index (χ1) is 9.54. The number of phenols is 1. The van der Waals surface area contributed by atoms with Crippen LogP contribution in [0.25, 0.3) is 10.2 Å². The molecular weight excluding hydrogens is 296 g/mol. The number of hydrogen-bond acceptors (Lipinski definition) is 5. The summed E-state index contributed by atoms with van der Waals surface area (Å²) in [7, 11) is -3.71. The Balaban J connectivity index is 1.96. The van der Waals surface area contributed by atoms with Crippen molar-refractivity contribution in [1.82, 2.24) is 4.98 Å². The molecule has 102 valence electrons. The summed E-state index contributed by atoms with van der Waals surface area (Å²) in [4.78, 5) is 4.15. The van der Waals surface area contributed by atoms with Gasteiger partial charge in [-0.3, -0.25) is 4.72 Å². The third-order valence-corrected chi connectivity index (χ3v) is 4.88. The summed E-state index contributed by atoms with van der Waals surface area (Å²) < 4.78 is 27.8. The van der Waals surface area contributed by atoms with Gasteiger partial charge in [0.15, 0.2) is 0 Å². The minimum atomic E-state index is -3.71. The monoisotopic (exact) mass is 306 g/mol. The second-order valence-corrected chi connectivity index (χ2v) is 6.71. The highest BCUT2D eigenvalue weighted by Crippen LogP contribution is 2.24. The van der Waals surface area contributed by atoms with Crippen LogP contribution < -0.4 is 4.72 Å². The Morgan fingerprint density at radius 2 is 2.00 bits per heavy atom. The lowest BCUT2D eigenvalue weighted by Gasteiger charge is -2.08. The Kier molecular flexibility index (Phi) is 3.07. The molecule has 20 heavy (non-hydrogen) atoms. The highest BCUT2D eigenvalue weighted by molar-refractivity contribution is 7.92. The van der Waals surface area contributed by atoms with Crippen LogP contribution in [-0.2, 0) is 10.0 Å². The minimum Gasteiger partial charge on any atom is -0.508 e. The summed E-state index contributed by atoms with van der Waals surface area (Å²) >= 11 is 1.44. The molecule has 0 atom stereocenters. The van der Waals surface area contributed by atoms with E-state index >= 15 is 0 Å². The van der Waals surface area contributed by atoms with Crippen LogP contribution in [0, 0.1) is 0 Å². The first-order valence-corrected chi connectivity index (χ1v) is 8.06. The lowest BCUT2D eigenvalue weighted by atomic mass is 10.3. The van der Waals surface area contributed by atoms with Gasteiger partial charge in [-0.05, 0) is 30.3 Å². The summed E-state index contributed by atoms with van der Waals surface area (Å²) in [5.41, 5.74) is 3.00. The van der Waals surface area contributed by atoms with Crippen molar-refractivity contribution in [3.8, 4) is 5.75 Å². The van der Waals surface area contributed by atoms with Crippen molar-refractivity contribution in [3.05, 3.63) is 48.0 Å². The number of aromatic hydroxyl groups is 1. The molecule has 0 aliphatic carbocycles. The number of thiazole rings is 1. The van der Waals surface area contributed by atoms with Crippen LogP contribution >= 0.6 is 11.3 Å². The zero-order valence-corrected chi connectivity index (χ0v) is 11.8. The second-order valence-electron chi connectivity index (χ2n) is 4.14. The van der Waals surface area contributed by atoms with Crippen molar-refractivity contribution < 1.29 is 13.5 Å². The number of benzene rings is 2. The first-order valence-electron chi connectivity index (χ1n) is 5.70. The van der Waals surface area contributed by atoms with E-state index in [4.69, 9.17) is 0 Å². The van der Waals surface area contributed by atoms with Crippen LogP contribution in [0.1, 0.15) is 0 Å². The average Bonchev–Trinajstić information content (AvgIpc) is 2.85. The maximum Gasteiger partial charge on any atom is 0.262 e. The van der Waals surface area contributed by atoms with E-state index in [1.165, 1.54) is 35.6 Å². The molecule has 2 N–H and O–H groups in total. The van der Waals surface area contributed by atoms with Crippen LogP contribution in [0.5, 0.6) is 5.75 Å². The van der Waals surface area contributed by atoms with E-state index in [2.05, 4.69) is 9.71 Å². The topological polar surface area (TPSA) is 79.3 Å². The number of sulfonamides is 1. The molecule has 1 heterocycles. The lowest BCUT2D eigenvalue weighted by molar-refractivity contribution is 0.473. The van der Waals surface area contributed by atoms with Gasteiger partial charge >= 0.3 is 0 Å². The van der Waals surface area contributed by atoms with Gasteiger partial charge in [-0.2, -0.15) is 0 Å². The van der Waals surface area contributed by atoms with Crippen LogP contribution in [0.2, 0.25) is 0 Å². The van der Waals surface area contributed by atoms with Crippen molar-refractivity contribution >= 4 is 37.3 Å². The molecular formula is C13H10N2O3S2. The van der Waals surface area contributed by atoms with Crippen molar-refractivity contribution in [2.24, 2.45) is 0 Å². The van der Waals surface area contributed by atoms with Gasteiger partial charge in [-0.1, -0.05) is 6.07 Å². The number of anilines is 1. The SMILES string of the molecule is O=S(=O)(Nc1ccc2ncsc2c1)c1cccc(O)c1. The molecule has 0 fully saturated rings. The zero-order valence-electron chi connectivity index (χ0n) is 10.1. The molecule has 1 aromatic heterocycles. The predicted octanol–water partition coefficient (Wildman–Crippen LogP) is 2.80. The molecule has 7 heteroatoms. The highest BCUT2D eigenvalue weighted by atomic mass is 32.2. The number of rotatable bonds is 3. The summed E-state index contributed by atoms with van der Waals surface area (Å²) in [5.74, 6) is -0.0919. The second kappa shape index (κ2) is 4.77. The first kappa shape index (κ1) is 12.9. The van der Waals surface area contributed by atoms with Gasteiger partial charge in [0.25, 0.3) is 10.0 Å². The van der Waals surface area contributed by atoms with Crippen LogP contribution in [0.3, 0.4) is 0 Å².